The normalized spacial score (nSPS) is 12.5. The molecule has 1 aromatic carbocycles. The van der Waals surface area contributed by atoms with Crippen LogP contribution >= 0.6 is 23.2 Å². The van der Waals surface area contributed by atoms with E-state index in [-0.39, 0.29) is 11.3 Å². The van der Waals surface area contributed by atoms with Gasteiger partial charge in [0.2, 0.25) is 0 Å². The number of anilines is 1. The Hall–Kier alpha value is -1.13. The van der Waals surface area contributed by atoms with Crippen molar-refractivity contribution < 1.29 is 5.21 Å². The summed E-state index contributed by atoms with van der Waals surface area (Å²) in [5, 5.41) is 16.1. The quantitative estimate of drug-likeness (QED) is 0.245. The Morgan fingerprint density at radius 2 is 2.05 bits per heavy atom. The van der Waals surface area contributed by atoms with E-state index >= 15 is 0 Å². The second-order valence-corrected chi connectivity index (χ2v) is 5.84. The van der Waals surface area contributed by atoms with Crippen LogP contribution in [0.15, 0.2) is 23.4 Å². The Balaban J connectivity index is 2.41. The van der Waals surface area contributed by atoms with Gasteiger partial charge in [0.15, 0.2) is 0 Å². The minimum atomic E-state index is -0.311. The zero-order valence-corrected chi connectivity index (χ0v) is 12.6. The van der Waals surface area contributed by atoms with E-state index in [1.54, 1.807) is 12.1 Å². The maximum absolute atomic E-state index is 8.68. The largest absolute Gasteiger partial charge is 0.409 e. The highest BCUT2D eigenvalue weighted by Gasteiger charge is 2.22. The van der Waals surface area contributed by atoms with Crippen LogP contribution in [0.3, 0.4) is 0 Å². The lowest BCUT2D eigenvalue weighted by atomic mass is 9.86. The zero-order valence-electron chi connectivity index (χ0n) is 11.1. The lowest BCUT2D eigenvalue weighted by Gasteiger charge is -2.22. The molecular formula is C13H19Cl2N3O. The standard InChI is InChI=1S/C13H19Cl2N3O/c1-13(2,12(16)18-19)6-3-7-17-9-4-5-10(14)11(15)8-9/h4-5,8,17,19H,3,6-7H2,1-2H3,(H2,16,18). The number of benzene rings is 1. The number of hydrogen-bond donors (Lipinski definition) is 3. The number of nitrogens with zero attached hydrogens (tertiary/aromatic N) is 1. The van der Waals surface area contributed by atoms with Crippen molar-refractivity contribution in [1.82, 2.24) is 0 Å². The van der Waals surface area contributed by atoms with Crippen molar-refractivity contribution in [1.29, 1.82) is 0 Å². The van der Waals surface area contributed by atoms with E-state index in [0.29, 0.717) is 10.0 Å². The van der Waals surface area contributed by atoms with Gasteiger partial charge in [-0.15, -0.1) is 0 Å². The molecular weight excluding hydrogens is 285 g/mol. The van der Waals surface area contributed by atoms with Gasteiger partial charge in [0.1, 0.15) is 5.84 Å². The summed E-state index contributed by atoms with van der Waals surface area (Å²) in [7, 11) is 0. The van der Waals surface area contributed by atoms with Crippen LogP contribution in [0, 0.1) is 5.41 Å². The molecule has 0 spiro atoms. The third kappa shape index (κ3) is 4.80. The maximum Gasteiger partial charge on any atom is 0.144 e. The van der Waals surface area contributed by atoms with Crippen molar-refractivity contribution in [3.63, 3.8) is 0 Å². The van der Waals surface area contributed by atoms with Crippen molar-refractivity contribution in [2.24, 2.45) is 16.3 Å². The predicted octanol–water partition coefficient (Wildman–Crippen LogP) is 3.96. The van der Waals surface area contributed by atoms with Crippen LogP contribution in [0.5, 0.6) is 0 Å². The average molecular weight is 304 g/mol. The summed E-state index contributed by atoms with van der Waals surface area (Å²) in [4.78, 5) is 0. The van der Waals surface area contributed by atoms with Gasteiger partial charge in [-0.1, -0.05) is 42.2 Å². The van der Waals surface area contributed by atoms with Crippen LogP contribution in [0.4, 0.5) is 5.69 Å². The first-order valence-electron chi connectivity index (χ1n) is 6.04. The van der Waals surface area contributed by atoms with Crippen LogP contribution in [-0.4, -0.2) is 17.6 Å². The summed E-state index contributed by atoms with van der Waals surface area (Å²) < 4.78 is 0. The lowest BCUT2D eigenvalue weighted by Crippen LogP contribution is -2.32. The molecule has 0 bridgehead atoms. The summed E-state index contributed by atoms with van der Waals surface area (Å²) in [5.41, 5.74) is 6.24. The summed E-state index contributed by atoms with van der Waals surface area (Å²) in [6, 6.07) is 5.42. The van der Waals surface area contributed by atoms with E-state index in [1.807, 2.05) is 19.9 Å². The summed E-state index contributed by atoms with van der Waals surface area (Å²) >= 11 is 11.8. The molecule has 4 N–H and O–H groups in total. The monoisotopic (exact) mass is 303 g/mol. The Morgan fingerprint density at radius 3 is 2.63 bits per heavy atom. The number of hydrogen-bond acceptors (Lipinski definition) is 3. The van der Waals surface area contributed by atoms with Gasteiger partial charge in [0.05, 0.1) is 10.0 Å². The molecule has 0 aliphatic heterocycles. The lowest BCUT2D eigenvalue weighted by molar-refractivity contribution is 0.305. The van der Waals surface area contributed by atoms with Crippen molar-refractivity contribution in [3.8, 4) is 0 Å². The molecule has 0 radical (unpaired) electrons. The maximum atomic E-state index is 8.68. The molecule has 0 saturated heterocycles. The molecule has 0 unspecified atom stereocenters. The number of oxime groups is 1. The topological polar surface area (TPSA) is 70.6 Å². The SMILES string of the molecule is CC(C)(CCCNc1ccc(Cl)c(Cl)c1)C(N)=NO. The third-order valence-electron chi connectivity index (χ3n) is 3.03. The van der Waals surface area contributed by atoms with Crippen LogP contribution in [0.1, 0.15) is 26.7 Å². The van der Waals surface area contributed by atoms with Crippen molar-refractivity contribution in [2.75, 3.05) is 11.9 Å². The van der Waals surface area contributed by atoms with Crippen LogP contribution < -0.4 is 11.1 Å². The van der Waals surface area contributed by atoms with E-state index < -0.39 is 0 Å². The summed E-state index contributed by atoms with van der Waals surface area (Å²) in [5.74, 6) is 0.252. The Labute approximate surface area is 123 Å². The number of nitrogens with one attached hydrogen (secondary N) is 1. The highest BCUT2D eigenvalue weighted by molar-refractivity contribution is 6.42. The molecule has 106 valence electrons. The smallest absolute Gasteiger partial charge is 0.144 e. The second-order valence-electron chi connectivity index (χ2n) is 5.03. The second kappa shape index (κ2) is 6.87. The molecule has 4 nitrogen and oxygen atoms in total. The predicted molar refractivity (Wildman–Crippen MR) is 81.4 cm³/mol. The van der Waals surface area contributed by atoms with E-state index in [4.69, 9.17) is 34.1 Å². The van der Waals surface area contributed by atoms with Gasteiger partial charge in [-0.05, 0) is 31.0 Å². The molecule has 19 heavy (non-hydrogen) atoms. The molecule has 0 aliphatic carbocycles. The van der Waals surface area contributed by atoms with Gasteiger partial charge in [-0.2, -0.15) is 0 Å². The van der Waals surface area contributed by atoms with E-state index in [2.05, 4.69) is 10.5 Å². The average Bonchev–Trinajstić information content (AvgIpc) is 2.37. The van der Waals surface area contributed by atoms with Crippen LogP contribution in [0.2, 0.25) is 10.0 Å². The fraction of sp³-hybridized carbons (Fsp3) is 0.462. The fourth-order valence-corrected chi connectivity index (χ4v) is 1.93. The highest BCUT2D eigenvalue weighted by atomic mass is 35.5. The van der Waals surface area contributed by atoms with Crippen molar-refractivity contribution in [3.05, 3.63) is 28.2 Å². The minimum absolute atomic E-state index is 0.252. The first kappa shape index (κ1) is 15.9. The Bertz CT molecular complexity index is 461. The van der Waals surface area contributed by atoms with E-state index in [9.17, 15) is 0 Å². The zero-order chi connectivity index (χ0) is 14.5. The molecule has 0 saturated carbocycles. The number of halogens is 2. The Kier molecular flexibility index (Phi) is 5.76. The molecule has 0 aromatic heterocycles. The van der Waals surface area contributed by atoms with E-state index in [1.165, 1.54) is 0 Å². The van der Waals surface area contributed by atoms with Gasteiger partial charge in [-0.25, -0.2) is 0 Å². The molecule has 6 heteroatoms. The van der Waals surface area contributed by atoms with Gasteiger partial charge >= 0.3 is 0 Å². The summed E-state index contributed by atoms with van der Waals surface area (Å²) in [6.07, 6.45) is 1.71. The third-order valence-corrected chi connectivity index (χ3v) is 3.77. The van der Waals surface area contributed by atoms with Crippen molar-refractivity contribution in [2.45, 2.75) is 26.7 Å². The van der Waals surface area contributed by atoms with Crippen molar-refractivity contribution >= 4 is 34.7 Å². The number of rotatable bonds is 6. The van der Waals surface area contributed by atoms with E-state index in [0.717, 1.165) is 25.1 Å². The van der Waals surface area contributed by atoms with Gasteiger partial charge in [-0.3, -0.25) is 0 Å². The minimum Gasteiger partial charge on any atom is -0.409 e. The molecule has 0 fully saturated rings. The molecule has 0 amide bonds. The molecule has 1 aromatic rings. The van der Waals surface area contributed by atoms with Crippen LogP contribution in [0.25, 0.3) is 0 Å². The number of nitrogens with two attached hydrogens (primary N) is 1. The molecule has 0 heterocycles. The van der Waals surface area contributed by atoms with Crippen LogP contribution in [-0.2, 0) is 0 Å². The van der Waals surface area contributed by atoms with Gasteiger partial charge in [0, 0.05) is 17.6 Å². The molecule has 1 rings (SSSR count). The number of amidine groups is 1. The fourth-order valence-electron chi connectivity index (χ4n) is 1.63. The van der Waals surface area contributed by atoms with Gasteiger partial charge in [0.25, 0.3) is 0 Å². The molecule has 0 aliphatic rings. The summed E-state index contributed by atoms with van der Waals surface area (Å²) in [6.45, 7) is 4.67. The molecule has 0 atom stereocenters. The Morgan fingerprint density at radius 1 is 1.37 bits per heavy atom. The first-order valence-corrected chi connectivity index (χ1v) is 6.79. The van der Waals surface area contributed by atoms with Gasteiger partial charge < -0.3 is 16.3 Å². The highest BCUT2D eigenvalue weighted by Crippen LogP contribution is 2.26. The first-order chi connectivity index (χ1) is 8.86.